The summed E-state index contributed by atoms with van der Waals surface area (Å²) in [5.74, 6) is 0.880. The zero-order valence-corrected chi connectivity index (χ0v) is 9.89. The summed E-state index contributed by atoms with van der Waals surface area (Å²) in [5.41, 5.74) is 0. The fourth-order valence-electron chi connectivity index (χ4n) is 2.29. The number of aliphatic hydroxyl groups is 1. The number of aliphatic hydroxyl groups excluding tert-OH is 1. The van der Waals surface area contributed by atoms with Crippen LogP contribution >= 0.6 is 0 Å². The molecule has 0 aromatic carbocycles. The van der Waals surface area contributed by atoms with E-state index in [2.05, 4.69) is 5.32 Å². The van der Waals surface area contributed by atoms with Gasteiger partial charge in [-0.15, -0.1) is 0 Å². The van der Waals surface area contributed by atoms with Crippen molar-refractivity contribution in [2.75, 3.05) is 6.54 Å². The molecular formula is C13H19NO3. The van der Waals surface area contributed by atoms with Gasteiger partial charge < -0.3 is 14.8 Å². The number of furan rings is 1. The van der Waals surface area contributed by atoms with Gasteiger partial charge in [0.05, 0.1) is 6.26 Å². The smallest absolute Gasteiger partial charge is 0.223 e. The van der Waals surface area contributed by atoms with E-state index in [-0.39, 0.29) is 11.8 Å². The molecule has 17 heavy (non-hydrogen) atoms. The van der Waals surface area contributed by atoms with E-state index in [1.807, 2.05) is 0 Å². The second-order valence-corrected chi connectivity index (χ2v) is 4.59. The first-order chi connectivity index (χ1) is 8.27. The summed E-state index contributed by atoms with van der Waals surface area (Å²) in [6, 6.07) is 3.49. The molecule has 1 unspecified atom stereocenters. The van der Waals surface area contributed by atoms with Gasteiger partial charge in [0.25, 0.3) is 0 Å². The molecule has 1 amide bonds. The molecule has 2 N–H and O–H groups in total. The summed E-state index contributed by atoms with van der Waals surface area (Å²) in [7, 11) is 0. The average molecular weight is 237 g/mol. The van der Waals surface area contributed by atoms with Crippen molar-refractivity contribution in [1.29, 1.82) is 0 Å². The number of carbonyl (C=O) groups excluding carboxylic acids is 1. The van der Waals surface area contributed by atoms with Gasteiger partial charge in [-0.2, -0.15) is 0 Å². The molecule has 0 aliphatic heterocycles. The van der Waals surface area contributed by atoms with Gasteiger partial charge in [0, 0.05) is 12.5 Å². The lowest BCUT2D eigenvalue weighted by atomic mass is 10.1. The van der Waals surface area contributed by atoms with Crippen molar-refractivity contribution < 1.29 is 14.3 Å². The lowest BCUT2D eigenvalue weighted by molar-refractivity contribution is -0.124. The number of amides is 1. The molecule has 1 atom stereocenters. The molecule has 2 rings (SSSR count). The third-order valence-electron chi connectivity index (χ3n) is 3.31. The van der Waals surface area contributed by atoms with E-state index < -0.39 is 6.10 Å². The third-order valence-corrected chi connectivity index (χ3v) is 3.31. The van der Waals surface area contributed by atoms with Crippen molar-refractivity contribution in [2.45, 2.75) is 38.2 Å². The number of hydrogen-bond donors (Lipinski definition) is 2. The molecule has 1 aliphatic carbocycles. The summed E-state index contributed by atoms with van der Waals surface area (Å²) in [6.45, 7) is 0.497. The highest BCUT2D eigenvalue weighted by molar-refractivity contribution is 5.78. The maximum Gasteiger partial charge on any atom is 0.223 e. The topological polar surface area (TPSA) is 62.5 Å². The largest absolute Gasteiger partial charge is 0.467 e. The molecule has 4 nitrogen and oxygen atoms in total. The SMILES string of the molecule is O=C(NCCC(O)c1ccco1)C1CCCC1. The first kappa shape index (κ1) is 12.2. The first-order valence-corrected chi connectivity index (χ1v) is 6.26. The van der Waals surface area contributed by atoms with Crippen molar-refractivity contribution in [3.8, 4) is 0 Å². The Morgan fingerprint density at radius 2 is 2.29 bits per heavy atom. The standard InChI is InChI=1S/C13H19NO3/c15-11(12-6-3-9-17-12)7-8-14-13(16)10-4-1-2-5-10/h3,6,9-11,15H,1-2,4-5,7-8H2,(H,14,16). The predicted octanol–water partition coefficient (Wildman–Crippen LogP) is 2.01. The fourth-order valence-corrected chi connectivity index (χ4v) is 2.29. The van der Waals surface area contributed by atoms with Crippen LogP contribution in [0.2, 0.25) is 0 Å². The maximum absolute atomic E-state index is 11.7. The zero-order valence-electron chi connectivity index (χ0n) is 9.89. The van der Waals surface area contributed by atoms with Crippen molar-refractivity contribution >= 4 is 5.91 Å². The quantitative estimate of drug-likeness (QED) is 0.823. The Morgan fingerprint density at radius 3 is 2.94 bits per heavy atom. The van der Waals surface area contributed by atoms with Gasteiger partial charge in [-0.3, -0.25) is 4.79 Å². The minimum absolute atomic E-state index is 0.133. The lowest BCUT2D eigenvalue weighted by Crippen LogP contribution is -2.30. The minimum Gasteiger partial charge on any atom is -0.467 e. The zero-order chi connectivity index (χ0) is 12.1. The molecule has 4 heteroatoms. The van der Waals surface area contributed by atoms with E-state index in [9.17, 15) is 9.90 Å². The first-order valence-electron chi connectivity index (χ1n) is 6.26. The van der Waals surface area contributed by atoms with E-state index in [0.29, 0.717) is 18.7 Å². The predicted molar refractivity (Wildman–Crippen MR) is 63.3 cm³/mol. The summed E-state index contributed by atoms with van der Waals surface area (Å²) in [5, 5.41) is 12.6. The average Bonchev–Trinajstić information content (AvgIpc) is 3.02. The normalized spacial score (nSPS) is 18.2. The second-order valence-electron chi connectivity index (χ2n) is 4.59. The molecule has 1 saturated carbocycles. The molecule has 94 valence electrons. The van der Waals surface area contributed by atoms with E-state index in [4.69, 9.17) is 4.42 Å². The number of hydrogen-bond acceptors (Lipinski definition) is 3. The monoisotopic (exact) mass is 237 g/mol. The Bertz CT molecular complexity index is 342. The summed E-state index contributed by atoms with van der Waals surface area (Å²) in [6.07, 6.45) is 5.73. The highest BCUT2D eigenvalue weighted by atomic mass is 16.4. The Balaban J connectivity index is 1.67. The van der Waals surface area contributed by atoms with Crippen LogP contribution in [-0.2, 0) is 4.79 Å². The van der Waals surface area contributed by atoms with Crippen LogP contribution in [0.1, 0.15) is 44.0 Å². The van der Waals surface area contributed by atoms with Crippen LogP contribution in [0.25, 0.3) is 0 Å². The van der Waals surface area contributed by atoms with Crippen LogP contribution in [0.4, 0.5) is 0 Å². The minimum atomic E-state index is -0.631. The van der Waals surface area contributed by atoms with Crippen LogP contribution in [-0.4, -0.2) is 17.6 Å². The molecule has 1 fully saturated rings. The Labute approximate surface area is 101 Å². The molecule has 0 saturated heterocycles. The molecule has 0 bridgehead atoms. The maximum atomic E-state index is 11.7. The van der Waals surface area contributed by atoms with Crippen molar-refractivity contribution in [2.24, 2.45) is 5.92 Å². The van der Waals surface area contributed by atoms with Gasteiger partial charge in [-0.25, -0.2) is 0 Å². The molecule has 1 aromatic heterocycles. The summed E-state index contributed by atoms with van der Waals surface area (Å²) in [4.78, 5) is 11.7. The van der Waals surface area contributed by atoms with Crippen LogP contribution < -0.4 is 5.32 Å². The van der Waals surface area contributed by atoms with E-state index in [1.54, 1.807) is 12.1 Å². The van der Waals surface area contributed by atoms with Crippen molar-refractivity contribution in [1.82, 2.24) is 5.32 Å². The lowest BCUT2D eigenvalue weighted by Gasteiger charge is -2.12. The molecule has 0 spiro atoms. The van der Waals surface area contributed by atoms with E-state index in [0.717, 1.165) is 25.7 Å². The Kier molecular flexibility index (Phi) is 4.20. The summed E-state index contributed by atoms with van der Waals surface area (Å²) >= 11 is 0. The van der Waals surface area contributed by atoms with E-state index >= 15 is 0 Å². The fraction of sp³-hybridized carbons (Fsp3) is 0.615. The Hall–Kier alpha value is -1.29. The van der Waals surface area contributed by atoms with E-state index in [1.165, 1.54) is 6.26 Å². The molecule has 1 aromatic rings. The van der Waals surface area contributed by atoms with Gasteiger partial charge >= 0.3 is 0 Å². The number of carbonyl (C=O) groups is 1. The van der Waals surface area contributed by atoms with Crippen LogP contribution in [0.3, 0.4) is 0 Å². The second kappa shape index (κ2) is 5.87. The summed E-state index contributed by atoms with van der Waals surface area (Å²) < 4.78 is 5.09. The van der Waals surface area contributed by atoms with Crippen molar-refractivity contribution in [3.05, 3.63) is 24.2 Å². The van der Waals surface area contributed by atoms with Crippen LogP contribution in [0.5, 0.6) is 0 Å². The number of nitrogens with one attached hydrogen (secondary N) is 1. The number of rotatable bonds is 5. The molecule has 1 heterocycles. The molecule has 0 radical (unpaired) electrons. The molecule has 1 aliphatic rings. The highest BCUT2D eigenvalue weighted by Gasteiger charge is 2.22. The van der Waals surface area contributed by atoms with Gasteiger partial charge in [0.2, 0.25) is 5.91 Å². The van der Waals surface area contributed by atoms with Crippen LogP contribution in [0.15, 0.2) is 22.8 Å². The van der Waals surface area contributed by atoms with Gasteiger partial charge in [-0.05, 0) is 31.4 Å². The highest BCUT2D eigenvalue weighted by Crippen LogP contribution is 2.24. The van der Waals surface area contributed by atoms with Gasteiger partial charge in [0.1, 0.15) is 11.9 Å². The third kappa shape index (κ3) is 3.33. The van der Waals surface area contributed by atoms with Crippen LogP contribution in [0, 0.1) is 5.92 Å². The van der Waals surface area contributed by atoms with Gasteiger partial charge in [-0.1, -0.05) is 12.8 Å². The van der Waals surface area contributed by atoms with Gasteiger partial charge in [0.15, 0.2) is 0 Å². The molecular weight excluding hydrogens is 218 g/mol. The Morgan fingerprint density at radius 1 is 1.53 bits per heavy atom. The van der Waals surface area contributed by atoms with Crippen molar-refractivity contribution in [3.63, 3.8) is 0 Å².